The Morgan fingerprint density at radius 1 is 0.512 bits per heavy atom. The van der Waals surface area contributed by atoms with Crippen molar-refractivity contribution in [3.8, 4) is 34.4 Å². The maximum absolute atomic E-state index is 6.14. The summed E-state index contributed by atoms with van der Waals surface area (Å²) in [7, 11) is 0. The normalized spacial score (nSPS) is 11.2. The second-order valence-electron chi connectivity index (χ2n) is 11.5. The van der Waals surface area contributed by atoms with Gasteiger partial charge in [-0.2, -0.15) is 0 Å². The Hall–Kier alpha value is -2.82. The molecule has 0 radical (unpaired) electrons. The Kier molecular flexibility index (Phi) is 15.4. The predicted molar refractivity (Wildman–Crippen MR) is 171 cm³/mol. The molecule has 0 amide bonds. The number of hydrogen-bond acceptors (Lipinski definition) is 5. The first-order chi connectivity index (χ1) is 20.1. The number of unbranched alkanes of at least 4 members (excludes halogenated alkanes) is 14. The van der Waals surface area contributed by atoms with E-state index >= 15 is 0 Å². The fourth-order valence-electron chi connectivity index (χ4n) is 5.07. The number of aromatic nitrogens is 2. The first kappa shape index (κ1) is 32.7. The molecule has 0 saturated heterocycles. The van der Waals surface area contributed by atoms with Gasteiger partial charge in [-0.25, -0.2) is 0 Å². The highest BCUT2D eigenvalue weighted by molar-refractivity contribution is 5.62. The van der Waals surface area contributed by atoms with Gasteiger partial charge in [-0.1, -0.05) is 116 Å². The van der Waals surface area contributed by atoms with Crippen LogP contribution in [0.4, 0.5) is 0 Å². The van der Waals surface area contributed by atoms with E-state index in [0.717, 1.165) is 59.8 Å². The number of ether oxygens (including phenoxy) is 2. The van der Waals surface area contributed by atoms with Crippen LogP contribution in [0.3, 0.4) is 0 Å². The van der Waals surface area contributed by atoms with Gasteiger partial charge < -0.3 is 13.9 Å². The van der Waals surface area contributed by atoms with E-state index in [-0.39, 0.29) is 0 Å². The fourth-order valence-corrected chi connectivity index (χ4v) is 5.07. The standard InChI is InChI=1S/C36H54N2O3/c1-5-7-9-11-13-15-17-19-25-39-33-27-31(23-21-29(33)3)35-37-38-36(41-35)32-24-22-30(4)34(28-32)40-26-20-18-16-14-12-10-8-6-2/h21-24,27-28H,5-20,25-26H2,1-4H3. The Morgan fingerprint density at radius 2 is 0.878 bits per heavy atom. The van der Waals surface area contributed by atoms with Crippen molar-refractivity contribution in [1.82, 2.24) is 10.2 Å². The minimum absolute atomic E-state index is 0.499. The molecule has 2 aromatic carbocycles. The van der Waals surface area contributed by atoms with Gasteiger partial charge in [0.1, 0.15) is 11.5 Å². The van der Waals surface area contributed by atoms with Crippen molar-refractivity contribution in [2.45, 2.75) is 130 Å². The summed E-state index contributed by atoms with van der Waals surface area (Å²) in [6, 6.07) is 12.2. The first-order valence-corrected chi connectivity index (χ1v) is 16.4. The third-order valence-electron chi connectivity index (χ3n) is 7.81. The zero-order valence-electron chi connectivity index (χ0n) is 26.3. The molecule has 0 unspecified atom stereocenters. The number of benzene rings is 2. The second kappa shape index (κ2) is 19.3. The summed E-state index contributed by atoms with van der Waals surface area (Å²) in [5.74, 6) is 2.77. The minimum atomic E-state index is 0.499. The van der Waals surface area contributed by atoms with Crippen LogP contribution in [0.25, 0.3) is 22.9 Å². The molecule has 1 aromatic heterocycles. The lowest BCUT2D eigenvalue weighted by Crippen LogP contribution is -1.99. The molecule has 0 saturated carbocycles. The smallest absolute Gasteiger partial charge is 0.248 e. The maximum Gasteiger partial charge on any atom is 0.248 e. The topological polar surface area (TPSA) is 57.4 Å². The summed E-state index contributed by atoms with van der Waals surface area (Å²) in [5, 5.41) is 8.69. The highest BCUT2D eigenvalue weighted by Gasteiger charge is 2.14. The Balaban J connectivity index is 1.48. The molecule has 226 valence electrons. The van der Waals surface area contributed by atoms with Gasteiger partial charge in [0.25, 0.3) is 0 Å². The molecule has 1 heterocycles. The van der Waals surface area contributed by atoms with Crippen molar-refractivity contribution >= 4 is 0 Å². The Morgan fingerprint density at radius 3 is 1.27 bits per heavy atom. The van der Waals surface area contributed by atoms with E-state index < -0.39 is 0 Å². The summed E-state index contributed by atoms with van der Waals surface area (Å²) in [6.45, 7) is 10.2. The molecular weight excluding hydrogens is 508 g/mol. The van der Waals surface area contributed by atoms with Gasteiger partial charge in [-0.05, 0) is 62.1 Å². The predicted octanol–water partition coefficient (Wildman–Crippen LogP) is 11.1. The van der Waals surface area contributed by atoms with Gasteiger partial charge in [0.05, 0.1) is 13.2 Å². The van der Waals surface area contributed by atoms with Gasteiger partial charge >= 0.3 is 0 Å². The Labute approximate surface area is 249 Å². The fraction of sp³-hybridized carbons (Fsp3) is 0.611. The molecule has 0 aliphatic heterocycles. The summed E-state index contributed by atoms with van der Waals surface area (Å²) in [4.78, 5) is 0. The van der Waals surface area contributed by atoms with Crippen LogP contribution in [0.15, 0.2) is 40.8 Å². The van der Waals surface area contributed by atoms with Crippen molar-refractivity contribution < 1.29 is 13.9 Å². The molecule has 0 bridgehead atoms. The molecule has 0 spiro atoms. The molecule has 3 aromatic rings. The highest BCUT2D eigenvalue weighted by atomic mass is 16.5. The molecule has 41 heavy (non-hydrogen) atoms. The van der Waals surface area contributed by atoms with E-state index in [0.29, 0.717) is 11.8 Å². The van der Waals surface area contributed by atoms with Gasteiger partial charge in [0, 0.05) is 11.1 Å². The molecule has 3 rings (SSSR count). The molecule has 0 atom stereocenters. The second-order valence-corrected chi connectivity index (χ2v) is 11.5. The van der Waals surface area contributed by atoms with Crippen molar-refractivity contribution in [2.75, 3.05) is 13.2 Å². The summed E-state index contributed by atoms with van der Waals surface area (Å²) >= 11 is 0. The van der Waals surface area contributed by atoms with Crippen LogP contribution in [0.2, 0.25) is 0 Å². The van der Waals surface area contributed by atoms with E-state index in [2.05, 4.69) is 50.0 Å². The van der Waals surface area contributed by atoms with E-state index in [1.807, 2.05) is 24.3 Å². The van der Waals surface area contributed by atoms with Crippen molar-refractivity contribution in [3.63, 3.8) is 0 Å². The average Bonchev–Trinajstić information content (AvgIpc) is 3.47. The van der Waals surface area contributed by atoms with Crippen LogP contribution in [0, 0.1) is 13.8 Å². The van der Waals surface area contributed by atoms with E-state index in [4.69, 9.17) is 13.9 Å². The van der Waals surface area contributed by atoms with Gasteiger partial charge in [-0.3, -0.25) is 0 Å². The maximum atomic E-state index is 6.14. The third-order valence-corrected chi connectivity index (χ3v) is 7.81. The molecule has 0 aliphatic carbocycles. The molecular formula is C36H54N2O3. The SMILES string of the molecule is CCCCCCCCCCOc1cc(-c2nnc(-c3ccc(C)c(OCCCCCCCCCC)c3)o2)ccc1C. The van der Waals surface area contributed by atoms with Crippen LogP contribution < -0.4 is 9.47 Å². The molecule has 0 aliphatic rings. The lowest BCUT2D eigenvalue weighted by molar-refractivity contribution is 0.302. The van der Waals surface area contributed by atoms with Crippen molar-refractivity contribution in [2.24, 2.45) is 0 Å². The van der Waals surface area contributed by atoms with Gasteiger partial charge in [-0.15, -0.1) is 10.2 Å². The summed E-state index contributed by atoms with van der Waals surface area (Å²) in [5.41, 5.74) is 3.98. The number of rotatable bonds is 22. The Bertz CT molecular complexity index is 1040. The number of nitrogens with zero attached hydrogens (tertiary/aromatic N) is 2. The molecule has 0 fully saturated rings. The zero-order valence-corrected chi connectivity index (χ0v) is 26.3. The largest absolute Gasteiger partial charge is 0.493 e. The lowest BCUT2D eigenvalue weighted by atomic mass is 10.1. The molecule has 5 heteroatoms. The number of hydrogen-bond donors (Lipinski definition) is 0. The average molecular weight is 563 g/mol. The van der Waals surface area contributed by atoms with E-state index in [1.165, 1.54) is 89.9 Å². The van der Waals surface area contributed by atoms with Gasteiger partial charge in [0.15, 0.2) is 0 Å². The van der Waals surface area contributed by atoms with Crippen molar-refractivity contribution in [3.05, 3.63) is 47.5 Å². The minimum Gasteiger partial charge on any atom is -0.493 e. The van der Waals surface area contributed by atoms with Crippen LogP contribution in [0.1, 0.15) is 128 Å². The molecule has 5 nitrogen and oxygen atoms in total. The number of aryl methyl sites for hydroxylation is 2. The van der Waals surface area contributed by atoms with Crippen molar-refractivity contribution in [1.29, 1.82) is 0 Å². The lowest BCUT2D eigenvalue weighted by Gasteiger charge is -2.10. The van der Waals surface area contributed by atoms with Crippen LogP contribution >= 0.6 is 0 Å². The van der Waals surface area contributed by atoms with Crippen LogP contribution in [0.5, 0.6) is 11.5 Å². The van der Waals surface area contributed by atoms with Crippen LogP contribution in [-0.4, -0.2) is 23.4 Å². The highest BCUT2D eigenvalue weighted by Crippen LogP contribution is 2.31. The summed E-state index contributed by atoms with van der Waals surface area (Å²) in [6.07, 6.45) is 20.7. The van der Waals surface area contributed by atoms with Gasteiger partial charge in [0.2, 0.25) is 11.8 Å². The quantitative estimate of drug-likeness (QED) is 0.114. The van der Waals surface area contributed by atoms with E-state index in [1.54, 1.807) is 0 Å². The summed E-state index contributed by atoms with van der Waals surface area (Å²) < 4.78 is 18.4. The molecule has 0 N–H and O–H groups in total. The van der Waals surface area contributed by atoms with Crippen LogP contribution in [-0.2, 0) is 0 Å². The van der Waals surface area contributed by atoms with E-state index in [9.17, 15) is 0 Å². The third kappa shape index (κ3) is 11.9. The zero-order chi connectivity index (χ0) is 29.1. The monoisotopic (exact) mass is 562 g/mol. The first-order valence-electron chi connectivity index (χ1n) is 16.4.